The third kappa shape index (κ3) is 3.33. The highest BCUT2D eigenvalue weighted by atomic mass is 16.5. The SMILES string of the molecule is COc1cccc(/C=C/c2nc3cnccc3c(=O)n2-c2c(C)cccc2C)c1O. The highest BCUT2D eigenvalue weighted by molar-refractivity contribution is 5.80. The maximum Gasteiger partial charge on any atom is 0.266 e. The van der Waals surface area contributed by atoms with Crippen LogP contribution < -0.4 is 10.3 Å². The number of benzene rings is 2. The molecule has 1 N–H and O–H groups in total. The van der Waals surface area contributed by atoms with Crippen LogP contribution in [0.25, 0.3) is 28.7 Å². The summed E-state index contributed by atoms with van der Waals surface area (Å²) in [6.45, 7) is 3.93. The van der Waals surface area contributed by atoms with Gasteiger partial charge in [0.05, 0.1) is 29.9 Å². The van der Waals surface area contributed by atoms with Crippen LogP contribution in [0.5, 0.6) is 11.5 Å². The lowest BCUT2D eigenvalue weighted by Crippen LogP contribution is -2.24. The van der Waals surface area contributed by atoms with Gasteiger partial charge in [-0.2, -0.15) is 0 Å². The standard InChI is InChI=1S/C24H21N3O3/c1-15-6-4-7-16(2)22(15)27-21(26-19-14-25-13-12-18(19)24(27)29)11-10-17-8-5-9-20(30-3)23(17)28/h4-14,28H,1-3H3/b11-10+. The highest BCUT2D eigenvalue weighted by Crippen LogP contribution is 2.31. The van der Waals surface area contributed by atoms with Crippen molar-refractivity contribution in [3.8, 4) is 17.2 Å². The molecule has 2 heterocycles. The Labute approximate surface area is 173 Å². The third-order valence-corrected chi connectivity index (χ3v) is 5.02. The monoisotopic (exact) mass is 399 g/mol. The number of fused-ring (bicyclic) bond motifs is 1. The fraction of sp³-hybridized carbons (Fsp3) is 0.125. The number of aryl methyl sites for hydroxylation is 2. The molecule has 0 saturated heterocycles. The maximum absolute atomic E-state index is 13.4. The molecular formula is C24H21N3O3. The van der Waals surface area contributed by atoms with Gasteiger partial charge in [0.2, 0.25) is 0 Å². The van der Waals surface area contributed by atoms with Crippen LogP contribution in [-0.2, 0) is 0 Å². The summed E-state index contributed by atoms with van der Waals surface area (Å²) in [6, 6.07) is 12.8. The number of hydrogen-bond acceptors (Lipinski definition) is 5. The number of nitrogens with zero attached hydrogens (tertiary/aromatic N) is 3. The molecule has 2 aromatic heterocycles. The van der Waals surface area contributed by atoms with Gasteiger partial charge in [-0.05, 0) is 49.3 Å². The third-order valence-electron chi connectivity index (χ3n) is 5.02. The number of pyridine rings is 1. The largest absolute Gasteiger partial charge is 0.504 e. The zero-order valence-corrected chi connectivity index (χ0v) is 17.0. The molecular weight excluding hydrogens is 378 g/mol. The van der Waals surface area contributed by atoms with Gasteiger partial charge in [-0.15, -0.1) is 0 Å². The van der Waals surface area contributed by atoms with E-state index in [1.165, 1.54) is 7.11 Å². The maximum atomic E-state index is 13.4. The van der Waals surface area contributed by atoms with Crippen molar-refractivity contribution in [1.82, 2.24) is 14.5 Å². The Hall–Kier alpha value is -3.93. The quantitative estimate of drug-likeness (QED) is 0.554. The van der Waals surface area contributed by atoms with Crippen molar-refractivity contribution >= 4 is 23.1 Å². The number of aromatic nitrogens is 3. The van der Waals surface area contributed by atoms with E-state index in [-0.39, 0.29) is 11.3 Å². The van der Waals surface area contributed by atoms with Crippen LogP contribution in [0.2, 0.25) is 0 Å². The lowest BCUT2D eigenvalue weighted by atomic mass is 10.1. The summed E-state index contributed by atoms with van der Waals surface area (Å²) < 4.78 is 6.79. The van der Waals surface area contributed by atoms with Crippen molar-refractivity contribution in [1.29, 1.82) is 0 Å². The average molecular weight is 399 g/mol. The molecule has 4 rings (SSSR count). The number of aromatic hydroxyl groups is 1. The van der Waals surface area contributed by atoms with E-state index in [1.54, 1.807) is 53.4 Å². The average Bonchev–Trinajstić information content (AvgIpc) is 2.74. The first-order chi connectivity index (χ1) is 14.5. The zero-order chi connectivity index (χ0) is 21.3. The first kappa shape index (κ1) is 19.4. The Balaban J connectivity index is 1.99. The molecule has 0 radical (unpaired) electrons. The lowest BCUT2D eigenvalue weighted by Gasteiger charge is -2.16. The fourth-order valence-corrected chi connectivity index (χ4v) is 3.54. The predicted octanol–water partition coefficient (Wildman–Crippen LogP) is 4.28. The molecule has 0 aliphatic rings. The molecule has 4 aromatic rings. The highest BCUT2D eigenvalue weighted by Gasteiger charge is 2.15. The smallest absolute Gasteiger partial charge is 0.266 e. The minimum Gasteiger partial charge on any atom is -0.504 e. The van der Waals surface area contributed by atoms with Gasteiger partial charge in [0.1, 0.15) is 5.82 Å². The normalized spacial score (nSPS) is 11.3. The van der Waals surface area contributed by atoms with Crippen LogP contribution in [0.15, 0.2) is 59.7 Å². The molecule has 0 amide bonds. The fourth-order valence-electron chi connectivity index (χ4n) is 3.54. The summed E-state index contributed by atoms with van der Waals surface area (Å²) in [5, 5.41) is 10.9. The molecule has 0 unspecified atom stereocenters. The van der Waals surface area contributed by atoms with Crippen LogP contribution in [0.4, 0.5) is 0 Å². The first-order valence-corrected chi connectivity index (χ1v) is 9.48. The van der Waals surface area contributed by atoms with E-state index in [0.29, 0.717) is 28.0 Å². The van der Waals surface area contributed by atoms with E-state index >= 15 is 0 Å². The second-order valence-electron chi connectivity index (χ2n) is 6.98. The van der Waals surface area contributed by atoms with E-state index < -0.39 is 0 Å². The first-order valence-electron chi connectivity index (χ1n) is 9.48. The van der Waals surface area contributed by atoms with Crippen LogP contribution in [0.3, 0.4) is 0 Å². The van der Waals surface area contributed by atoms with Crippen molar-refractivity contribution in [3.05, 3.63) is 87.7 Å². The Morgan fingerprint density at radius 2 is 1.77 bits per heavy atom. The van der Waals surface area contributed by atoms with Gasteiger partial charge in [-0.25, -0.2) is 4.98 Å². The molecule has 0 aliphatic heterocycles. The van der Waals surface area contributed by atoms with Gasteiger partial charge >= 0.3 is 0 Å². The van der Waals surface area contributed by atoms with Gasteiger partial charge in [0, 0.05) is 11.8 Å². The zero-order valence-electron chi connectivity index (χ0n) is 17.0. The minimum absolute atomic E-state index is 0.0275. The van der Waals surface area contributed by atoms with Crippen molar-refractivity contribution in [2.75, 3.05) is 7.11 Å². The van der Waals surface area contributed by atoms with Gasteiger partial charge in [-0.3, -0.25) is 14.3 Å². The lowest BCUT2D eigenvalue weighted by molar-refractivity contribution is 0.373. The van der Waals surface area contributed by atoms with Crippen molar-refractivity contribution in [2.45, 2.75) is 13.8 Å². The number of ether oxygens (including phenoxy) is 1. The van der Waals surface area contributed by atoms with Crippen molar-refractivity contribution in [2.24, 2.45) is 0 Å². The molecule has 0 atom stereocenters. The van der Waals surface area contributed by atoms with Gasteiger partial charge in [0.25, 0.3) is 5.56 Å². The van der Waals surface area contributed by atoms with Crippen LogP contribution in [0, 0.1) is 13.8 Å². The molecule has 0 bridgehead atoms. The summed E-state index contributed by atoms with van der Waals surface area (Å²) >= 11 is 0. The van der Waals surface area contributed by atoms with Crippen molar-refractivity contribution in [3.63, 3.8) is 0 Å². The molecule has 6 heteroatoms. The number of phenolic OH excluding ortho intramolecular Hbond substituents is 1. The minimum atomic E-state index is -0.172. The second kappa shape index (κ2) is 7.83. The van der Waals surface area contributed by atoms with Crippen molar-refractivity contribution < 1.29 is 9.84 Å². The molecule has 150 valence electrons. The van der Waals surface area contributed by atoms with Gasteiger partial charge in [0.15, 0.2) is 11.5 Å². The van der Waals surface area contributed by atoms with Gasteiger partial charge < -0.3 is 9.84 Å². The summed E-state index contributed by atoms with van der Waals surface area (Å²) in [5.74, 6) is 0.847. The number of methoxy groups -OCH3 is 1. The summed E-state index contributed by atoms with van der Waals surface area (Å²) in [7, 11) is 1.50. The number of phenols is 1. The van der Waals surface area contributed by atoms with Gasteiger partial charge in [-0.1, -0.05) is 30.3 Å². The van der Waals surface area contributed by atoms with E-state index in [2.05, 4.69) is 9.97 Å². The summed E-state index contributed by atoms with van der Waals surface area (Å²) in [5.41, 5.74) is 3.62. The molecule has 30 heavy (non-hydrogen) atoms. The molecule has 0 spiro atoms. The molecule has 0 fully saturated rings. The molecule has 0 saturated carbocycles. The van der Waals surface area contributed by atoms with Crippen LogP contribution in [-0.4, -0.2) is 26.8 Å². The van der Waals surface area contributed by atoms with E-state index in [0.717, 1.165) is 16.8 Å². The number of rotatable bonds is 4. The molecule has 2 aromatic carbocycles. The number of para-hydroxylation sites is 2. The second-order valence-corrected chi connectivity index (χ2v) is 6.98. The van der Waals surface area contributed by atoms with E-state index in [4.69, 9.17) is 4.74 Å². The Morgan fingerprint density at radius 1 is 1.03 bits per heavy atom. The predicted molar refractivity (Wildman–Crippen MR) is 118 cm³/mol. The summed E-state index contributed by atoms with van der Waals surface area (Å²) in [6.07, 6.45) is 6.59. The van der Waals surface area contributed by atoms with E-state index in [1.807, 2.05) is 32.0 Å². The number of hydrogen-bond donors (Lipinski definition) is 1. The Bertz CT molecular complexity index is 1320. The van der Waals surface area contributed by atoms with Crippen LogP contribution in [0.1, 0.15) is 22.5 Å². The van der Waals surface area contributed by atoms with E-state index in [9.17, 15) is 9.90 Å². The summed E-state index contributed by atoms with van der Waals surface area (Å²) in [4.78, 5) is 22.2. The molecule has 6 nitrogen and oxygen atoms in total. The Kier molecular flexibility index (Phi) is 5.06. The molecule has 0 aliphatic carbocycles. The van der Waals surface area contributed by atoms with Crippen LogP contribution >= 0.6 is 0 Å². The topological polar surface area (TPSA) is 77.2 Å². The Morgan fingerprint density at radius 3 is 2.50 bits per heavy atom.